The molecular weight excluding hydrogens is 156 g/mol. The Labute approximate surface area is 72.7 Å². The number of esters is 1. The van der Waals surface area contributed by atoms with Crippen molar-refractivity contribution in [3.8, 4) is 0 Å². The van der Waals surface area contributed by atoms with E-state index < -0.39 is 6.10 Å². The molecule has 0 aliphatic carbocycles. The second-order valence-corrected chi connectivity index (χ2v) is 3.44. The third-order valence-electron chi connectivity index (χ3n) is 2.52. The molecule has 3 nitrogen and oxygen atoms in total. The van der Waals surface area contributed by atoms with Crippen molar-refractivity contribution in [2.75, 3.05) is 0 Å². The maximum absolute atomic E-state index is 10.7. The minimum atomic E-state index is -0.485. The van der Waals surface area contributed by atoms with E-state index in [0.29, 0.717) is 12.8 Å². The minimum Gasteiger partial charge on any atom is -0.460 e. The third-order valence-corrected chi connectivity index (χ3v) is 2.52. The number of carbonyl (C=O) groups is 1. The van der Waals surface area contributed by atoms with Crippen molar-refractivity contribution in [1.29, 1.82) is 0 Å². The Morgan fingerprint density at radius 3 is 2.83 bits per heavy atom. The molecule has 3 heteroatoms. The van der Waals surface area contributed by atoms with E-state index in [4.69, 9.17) is 4.74 Å². The van der Waals surface area contributed by atoms with Crippen molar-refractivity contribution in [3.05, 3.63) is 0 Å². The maximum Gasteiger partial charge on any atom is 0.306 e. The van der Waals surface area contributed by atoms with E-state index in [2.05, 4.69) is 0 Å². The Balaban J connectivity index is 2.42. The molecule has 0 aromatic heterocycles. The van der Waals surface area contributed by atoms with Crippen LogP contribution in [0, 0.1) is 5.92 Å². The maximum atomic E-state index is 10.7. The van der Waals surface area contributed by atoms with Crippen molar-refractivity contribution in [3.63, 3.8) is 0 Å². The minimum absolute atomic E-state index is 0.178. The SMILES string of the molecule is CCC(C)C(O)C1CCC(=O)O1. The number of carbonyl (C=O) groups excluding carboxylic acids is 1. The van der Waals surface area contributed by atoms with Crippen molar-refractivity contribution >= 4 is 5.97 Å². The lowest BCUT2D eigenvalue weighted by molar-refractivity contribution is -0.146. The lowest BCUT2D eigenvalue weighted by Gasteiger charge is -2.21. The lowest BCUT2D eigenvalue weighted by Crippen LogP contribution is -2.31. The van der Waals surface area contributed by atoms with Crippen LogP contribution in [0.2, 0.25) is 0 Å². The first-order valence-corrected chi connectivity index (χ1v) is 4.52. The van der Waals surface area contributed by atoms with E-state index in [9.17, 15) is 9.90 Å². The van der Waals surface area contributed by atoms with Gasteiger partial charge in [-0.05, 0) is 12.3 Å². The Morgan fingerprint density at radius 2 is 2.42 bits per heavy atom. The van der Waals surface area contributed by atoms with Gasteiger partial charge in [-0.15, -0.1) is 0 Å². The topological polar surface area (TPSA) is 46.5 Å². The summed E-state index contributed by atoms with van der Waals surface area (Å²) >= 11 is 0. The summed E-state index contributed by atoms with van der Waals surface area (Å²) in [6, 6.07) is 0. The van der Waals surface area contributed by atoms with E-state index in [0.717, 1.165) is 6.42 Å². The summed E-state index contributed by atoms with van der Waals surface area (Å²) in [6.07, 6.45) is 1.30. The normalized spacial score (nSPS) is 28.2. The van der Waals surface area contributed by atoms with Gasteiger partial charge in [0.15, 0.2) is 0 Å². The smallest absolute Gasteiger partial charge is 0.306 e. The summed E-state index contributed by atoms with van der Waals surface area (Å²) in [7, 11) is 0. The van der Waals surface area contributed by atoms with Gasteiger partial charge in [0.2, 0.25) is 0 Å². The summed E-state index contributed by atoms with van der Waals surface area (Å²) in [6.45, 7) is 3.99. The second-order valence-electron chi connectivity index (χ2n) is 3.44. The first-order chi connectivity index (χ1) is 5.65. The third kappa shape index (κ3) is 1.97. The molecule has 3 unspecified atom stereocenters. The van der Waals surface area contributed by atoms with E-state index in [1.54, 1.807) is 0 Å². The highest BCUT2D eigenvalue weighted by molar-refractivity contribution is 5.71. The quantitative estimate of drug-likeness (QED) is 0.648. The molecule has 0 radical (unpaired) electrons. The summed E-state index contributed by atoms with van der Waals surface area (Å²) in [5, 5.41) is 9.66. The van der Waals surface area contributed by atoms with Gasteiger partial charge in [0.1, 0.15) is 6.10 Å². The number of aliphatic hydroxyl groups is 1. The number of hydrogen-bond acceptors (Lipinski definition) is 3. The molecule has 0 amide bonds. The average molecular weight is 172 g/mol. The molecule has 1 rings (SSSR count). The molecule has 1 fully saturated rings. The zero-order valence-corrected chi connectivity index (χ0v) is 7.62. The van der Waals surface area contributed by atoms with Crippen molar-refractivity contribution < 1.29 is 14.6 Å². The summed E-state index contributed by atoms with van der Waals surface area (Å²) < 4.78 is 4.96. The molecule has 0 spiro atoms. The first kappa shape index (κ1) is 9.52. The Kier molecular flexibility index (Phi) is 3.09. The van der Waals surface area contributed by atoms with Gasteiger partial charge >= 0.3 is 5.97 Å². The highest BCUT2D eigenvalue weighted by Crippen LogP contribution is 2.22. The molecule has 1 aliphatic rings. The van der Waals surface area contributed by atoms with Crippen LogP contribution < -0.4 is 0 Å². The fourth-order valence-corrected chi connectivity index (χ4v) is 1.40. The van der Waals surface area contributed by atoms with Gasteiger partial charge in [0.25, 0.3) is 0 Å². The van der Waals surface area contributed by atoms with Crippen LogP contribution in [-0.4, -0.2) is 23.3 Å². The molecule has 0 bridgehead atoms. The second kappa shape index (κ2) is 3.90. The predicted molar refractivity (Wildman–Crippen MR) is 44.6 cm³/mol. The van der Waals surface area contributed by atoms with Crippen molar-refractivity contribution in [2.45, 2.75) is 45.3 Å². The summed E-state index contributed by atoms with van der Waals surface area (Å²) in [5.74, 6) is 0.0308. The van der Waals surface area contributed by atoms with Gasteiger partial charge < -0.3 is 9.84 Å². The number of cyclic esters (lactones) is 1. The van der Waals surface area contributed by atoms with Gasteiger partial charge in [-0.25, -0.2) is 0 Å². The molecule has 1 N–H and O–H groups in total. The Hall–Kier alpha value is -0.570. The number of hydrogen-bond donors (Lipinski definition) is 1. The molecule has 1 saturated heterocycles. The van der Waals surface area contributed by atoms with Crippen molar-refractivity contribution in [2.24, 2.45) is 5.92 Å². The molecule has 1 heterocycles. The van der Waals surface area contributed by atoms with Gasteiger partial charge in [0.05, 0.1) is 6.10 Å². The van der Waals surface area contributed by atoms with Crippen LogP contribution >= 0.6 is 0 Å². The molecule has 0 saturated carbocycles. The van der Waals surface area contributed by atoms with E-state index in [1.807, 2.05) is 13.8 Å². The molecule has 12 heavy (non-hydrogen) atoms. The zero-order chi connectivity index (χ0) is 9.14. The van der Waals surface area contributed by atoms with E-state index in [-0.39, 0.29) is 18.0 Å². The zero-order valence-electron chi connectivity index (χ0n) is 7.62. The monoisotopic (exact) mass is 172 g/mol. The van der Waals surface area contributed by atoms with E-state index >= 15 is 0 Å². The first-order valence-electron chi connectivity index (χ1n) is 4.52. The fourth-order valence-electron chi connectivity index (χ4n) is 1.40. The Bertz CT molecular complexity index is 167. The van der Waals surface area contributed by atoms with Gasteiger partial charge in [-0.3, -0.25) is 4.79 Å². The van der Waals surface area contributed by atoms with Crippen molar-refractivity contribution in [1.82, 2.24) is 0 Å². The van der Waals surface area contributed by atoms with Crippen LogP contribution in [0.1, 0.15) is 33.1 Å². The van der Waals surface area contributed by atoms with Gasteiger partial charge in [0, 0.05) is 6.42 Å². The van der Waals surface area contributed by atoms with Crippen LogP contribution in [0.4, 0.5) is 0 Å². The van der Waals surface area contributed by atoms with Gasteiger partial charge in [-0.2, -0.15) is 0 Å². The van der Waals surface area contributed by atoms with Crippen LogP contribution in [0.15, 0.2) is 0 Å². The number of aliphatic hydroxyl groups excluding tert-OH is 1. The van der Waals surface area contributed by atoms with Gasteiger partial charge in [-0.1, -0.05) is 20.3 Å². The number of ether oxygens (including phenoxy) is 1. The summed E-state index contributed by atoms with van der Waals surface area (Å²) in [4.78, 5) is 10.7. The molecule has 0 aromatic rings. The van der Waals surface area contributed by atoms with Crippen LogP contribution in [0.3, 0.4) is 0 Å². The molecule has 0 aromatic carbocycles. The molecule has 1 aliphatic heterocycles. The summed E-state index contributed by atoms with van der Waals surface area (Å²) in [5.41, 5.74) is 0. The highest BCUT2D eigenvalue weighted by atomic mass is 16.6. The van der Waals surface area contributed by atoms with E-state index in [1.165, 1.54) is 0 Å². The predicted octanol–water partition coefficient (Wildman–Crippen LogP) is 1.10. The largest absolute Gasteiger partial charge is 0.460 e. The fraction of sp³-hybridized carbons (Fsp3) is 0.889. The van der Waals surface area contributed by atoms with Crippen LogP contribution in [0.25, 0.3) is 0 Å². The standard InChI is InChI=1S/C9H16O3/c1-3-6(2)9(11)7-4-5-8(10)12-7/h6-7,9,11H,3-5H2,1-2H3. The Morgan fingerprint density at radius 1 is 1.75 bits per heavy atom. The number of rotatable bonds is 3. The average Bonchev–Trinajstić information content (AvgIpc) is 2.49. The molecular formula is C9H16O3. The van der Waals surface area contributed by atoms with Crippen LogP contribution in [0.5, 0.6) is 0 Å². The lowest BCUT2D eigenvalue weighted by atomic mass is 9.96. The van der Waals surface area contributed by atoms with Crippen LogP contribution in [-0.2, 0) is 9.53 Å². The highest BCUT2D eigenvalue weighted by Gasteiger charge is 2.32. The molecule has 3 atom stereocenters. The molecule has 70 valence electrons.